The third-order valence-corrected chi connectivity index (χ3v) is 7.38. The number of aliphatic imine (C=N–C) groups is 1. The predicted molar refractivity (Wildman–Crippen MR) is 128 cm³/mol. The summed E-state index contributed by atoms with van der Waals surface area (Å²) in [5.41, 5.74) is 2.34. The molecule has 7 heteroatoms. The van der Waals surface area contributed by atoms with E-state index < -0.39 is 0 Å². The Bertz CT molecular complexity index is 1030. The Labute approximate surface area is 194 Å². The van der Waals surface area contributed by atoms with E-state index in [4.69, 9.17) is 11.6 Å². The fourth-order valence-electron chi connectivity index (χ4n) is 6.02. The molecule has 32 heavy (non-hydrogen) atoms. The summed E-state index contributed by atoms with van der Waals surface area (Å²) in [6.45, 7) is 8.70. The van der Waals surface area contributed by atoms with Crippen LogP contribution in [0.25, 0.3) is 10.9 Å². The number of aromatic amines is 1. The normalized spacial score (nSPS) is 26.0. The van der Waals surface area contributed by atoms with E-state index in [1.165, 1.54) is 5.69 Å². The molecule has 0 radical (unpaired) electrons. The lowest BCUT2D eigenvalue weighted by atomic mass is 9.63. The highest BCUT2D eigenvalue weighted by molar-refractivity contribution is 6.31. The van der Waals surface area contributed by atoms with Gasteiger partial charge in [-0.05, 0) is 67.2 Å². The van der Waals surface area contributed by atoms with Crippen molar-refractivity contribution in [1.82, 2.24) is 15.2 Å². The summed E-state index contributed by atoms with van der Waals surface area (Å²) in [6.07, 6.45) is 6.30. The van der Waals surface area contributed by atoms with E-state index in [-0.39, 0.29) is 22.9 Å². The third kappa shape index (κ3) is 5.19. The maximum atomic E-state index is 12.9. The zero-order valence-corrected chi connectivity index (χ0v) is 20.0. The first-order valence-corrected chi connectivity index (χ1v) is 11.9. The van der Waals surface area contributed by atoms with Crippen LogP contribution in [0, 0.1) is 10.8 Å². The Morgan fingerprint density at radius 2 is 2.00 bits per heavy atom. The number of rotatable bonds is 4. The van der Waals surface area contributed by atoms with Gasteiger partial charge in [-0.15, -0.1) is 0 Å². The number of nitrogens with one attached hydrogen (secondary N) is 2. The molecule has 2 aliphatic rings. The Hall–Kier alpha value is -2.30. The quantitative estimate of drug-likeness (QED) is 0.461. The number of isocyanates is 1. The lowest BCUT2D eigenvalue weighted by Gasteiger charge is -2.45. The Morgan fingerprint density at radius 1 is 1.25 bits per heavy atom. The molecule has 6 nitrogen and oxygen atoms in total. The van der Waals surface area contributed by atoms with Crippen LogP contribution in [0.3, 0.4) is 0 Å². The topological polar surface area (TPSA) is 77.6 Å². The van der Waals surface area contributed by atoms with E-state index in [9.17, 15) is 9.59 Å². The summed E-state index contributed by atoms with van der Waals surface area (Å²) in [5.74, 6) is 0.420. The molecule has 2 amide bonds. The molecule has 0 spiro atoms. The highest BCUT2D eigenvalue weighted by Gasteiger charge is 2.41. The fraction of sp³-hybridized carbons (Fsp3) is 0.600. The van der Waals surface area contributed by atoms with Gasteiger partial charge in [-0.3, -0.25) is 0 Å². The highest BCUT2D eigenvalue weighted by Crippen LogP contribution is 2.46. The minimum absolute atomic E-state index is 0.00641. The largest absolute Gasteiger partial charge is 0.358 e. The van der Waals surface area contributed by atoms with Gasteiger partial charge < -0.3 is 15.2 Å². The van der Waals surface area contributed by atoms with Crippen LogP contribution in [0.1, 0.15) is 64.5 Å². The van der Waals surface area contributed by atoms with Gasteiger partial charge in [0.25, 0.3) is 0 Å². The van der Waals surface area contributed by atoms with Crippen LogP contribution in [-0.4, -0.2) is 47.7 Å². The Balaban J connectivity index is 1.31. The lowest BCUT2D eigenvalue weighted by Crippen LogP contribution is -2.49. The van der Waals surface area contributed by atoms with Crippen molar-refractivity contribution in [1.29, 1.82) is 0 Å². The number of likely N-dealkylation sites (tertiary alicyclic amines) is 1. The summed E-state index contributed by atoms with van der Waals surface area (Å²) in [7, 11) is 0. The number of hydrogen-bond acceptors (Lipinski definition) is 3. The number of piperidine rings is 1. The number of carbonyl (C=O) groups is 1. The molecule has 4 rings (SSSR count). The van der Waals surface area contributed by atoms with Crippen LogP contribution in [-0.2, 0) is 4.79 Å². The first-order chi connectivity index (χ1) is 15.2. The molecule has 2 unspecified atom stereocenters. The van der Waals surface area contributed by atoms with Crippen molar-refractivity contribution in [2.24, 2.45) is 15.8 Å². The van der Waals surface area contributed by atoms with Gasteiger partial charge in [0.05, 0.1) is 6.04 Å². The minimum atomic E-state index is -0.0770. The maximum Gasteiger partial charge on any atom is 0.317 e. The van der Waals surface area contributed by atoms with Crippen LogP contribution in [0.4, 0.5) is 4.79 Å². The summed E-state index contributed by atoms with van der Waals surface area (Å²) >= 11 is 6.12. The van der Waals surface area contributed by atoms with E-state index in [2.05, 4.69) is 42.1 Å². The van der Waals surface area contributed by atoms with Crippen molar-refractivity contribution in [3.8, 4) is 0 Å². The Morgan fingerprint density at radius 3 is 2.72 bits per heavy atom. The summed E-state index contributed by atoms with van der Waals surface area (Å²) in [6, 6.07) is 8.08. The first-order valence-electron chi connectivity index (χ1n) is 11.5. The third-order valence-electron chi connectivity index (χ3n) is 7.15. The van der Waals surface area contributed by atoms with Crippen LogP contribution >= 0.6 is 11.6 Å². The number of H-pyrrole nitrogens is 1. The van der Waals surface area contributed by atoms with Crippen molar-refractivity contribution < 1.29 is 9.59 Å². The molecule has 1 aromatic carbocycles. The van der Waals surface area contributed by atoms with Gasteiger partial charge in [-0.1, -0.05) is 32.4 Å². The van der Waals surface area contributed by atoms with Gasteiger partial charge in [0.15, 0.2) is 0 Å². The average molecular weight is 457 g/mol. The minimum Gasteiger partial charge on any atom is -0.358 e. The van der Waals surface area contributed by atoms with Crippen LogP contribution in [0.15, 0.2) is 29.3 Å². The van der Waals surface area contributed by atoms with Crippen LogP contribution < -0.4 is 5.32 Å². The standard InChI is InChI=1S/C25H33ClN4O2/c1-24(2)12-20(28-16-31)13-25(3,14-24)15-27-23(32)30-8-6-17(7-9-30)22-11-18-10-19(26)4-5-21(18)29-22/h4-5,10-11,17,20,29H,6-9,12-15H2,1-3H3,(H,27,32). The first kappa shape index (κ1) is 22.9. The van der Waals surface area contributed by atoms with Crippen molar-refractivity contribution in [2.75, 3.05) is 19.6 Å². The lowest BCUT2D eigenvalue weighted by molar-refractivity contribution is 0.0825. The number of benzene rings is 1. The zero-order valence-electron chi connectivity index (χ0n) is 19.2. The number of hydrogen-bond donors (Lipinski definition) is 2. The number of fused-ring (bicyclic) bond motifs is 1. The molecule has 172 valence electrons. The van der Waals surface area contributed by atoms with Crippen molar-refractivity contribution in [3.63, 3.8) is 0 Å². The van der Waals surface area contributed by atoms with E-state index in [0.29, 0.717) is 12.5 Å². The smallest absolute Gasteiger partial charge is 0.317 e. The number of urea groups is 1. The van der Waals surface area contributed by atoms with Gasteiger partial charge in [-0.2, -0.15) is 0 Å². The molecular weight excluding hydrogens is 424 g/mol. The second kappa shape index (κ2) is 8.92. The van der Waals surface area contributed by atoms with Crippen molar-refractivity contribution in [2.45, 2.75) is 64.8 Å². The van der Waals surface area contributed by atoms with Gasteiger partial charge in [0.2, 0.25) is 6.08 Å². The van der Waals surface area contributed by atoms with Crippen LogP contribution in [0.2, 0.25) is 5.02 Å². The van der Waals surface area contributed by atoms with Gasteiger partial charge >= 0.3 is 6.03 Å². The molecule has 1 aliphatic heterocycles. The van der Waals surface area contributed by atoms with Gasteiger partial charge in [-0.25, -0.2) is 14.6 Å². The monoisotopic (exact) mass is 456 g/mol. The number of halogens is 1. The van der Waals surface area contributed by atoms with E-state index in [0.717, 1.165) is 61.1 Å². The highest BCUT2D eigenvalue weighted by atomic mass is 35.5. The number of nitrogens with zero attached hydrogens (tertiary/aromatic N) is 2. The predicted octanol–water partition coefficient (Wildman–Crippen LogP) is 5.63. The molecule has 2 aromatic rings. The summed E-state index contributed by atoms with van der Waals surface area (Å²) < 4.78 is 0. The average Bonchev–Trinajstić information content (AvgIpc) is 3.14. The molecule has 1 saturated heterocycles. The zero-order chi connectivity index (χ0) is 22.9. The molecular formula is C25H33ClN4O2. The van der Waals surface area contributed by atoms with Crippen molar-refractivity contribution in [3.05, 3.63) is 35.0 Å². The number of aromatic nitrogens is 1. The molecule has 2 N–H and O–H groups in total. The molecule has 1 saturated carbocycles. The molecule has 1 aromatic heterocycles. The molecule has 1 aliphatic carbocycles. The maximum absolute atomic E-state index is 12.9. The summed E-state index contributed by atoms with van der Waals surface area (Å²) in [4.78, 5) is 33.1. The van der Waals surface area contributed by atoms with E-state index in [1.807, 2.05) is 23.1 Å². The van der Waals surface area contributed by atoms with E-state index >= 15 is 0 Å². The molecule has 2 heterocycles. The molecule has 2 atom stereocenters. The van der Waals surface area contributed by atoms with Crippen LogP contribution in [0.5, 0.6) is 0 Å². The van der Waals surface area contributed by atoms with Gasteiger partial charge in [0, 0.05) is 47.2 Å². The Kier molecular flexibility index (Phi) is 6.37. The van der Waals surface area contributed by atoms with Gasteiger partial charge in [0.1, 0.15) is 0 Å². The SMILES string of the molecule is CC1(C)CC(N=C=O)CC(C)(CNC(=O)N2CCC(c3cc4cc(Cl)ccc4[nH]3)CC2)C1. The van der Waals surface area contributed by atoms with E-state index in [1.54, 1.807) is 6.08 Å². The second-order valence-corrected chi connectivity index (χ2v) is 11.2. The summed E-state index contributed by atoms with van der Waals surface area (Å²) in [5, 5.41) is 5.05. The fourth-order valence-corrected chi connectivity index (χ4v) is 6.20. The molecule has 0 bridgehead atoms. The van der Waals surface area contributed by atoms with Crippen molar-refractivity contribution >= 4 is 34.6 Å². The number of amides is 2. The second-order valence-electron chi connectivity index (χ2n) is 10.8. The number of carbonyl (C=O) groups excluding carboxylic acids is 2. The molecule has 2 fully saturated rings.